The van der Waals surface area contributed by atoms with Crippen LogP contribution in [0.5, 0.6) is 5.75 Å². The number of aryl methyl sites for hydroxylation is 1. The number of aromatic nitrogens is 2. The van der Waals surface area contributed by atoms with E-state index in [1.54, 1.807) is 6.21 Å². The Morgan fingerprint density at radius 1 is 1.12 bits per heavy atom. The average Bonchev–Trinajstić information content (AvgIpc) is 3.53. The molecule has 0 amide bonds. The number of benzene rings is 2. The number of aliphatic imine (C=N–C) groups is 1. The lowest BCUT2D eigenvalue weighted by Gasteiger charge is -2.14. The third-order valence-corrected chi connectivity index (χ3v) is 5.90. The molecule has 0 spiro atoms. The number of nitrogens with zero attached hydrogens (tertiary/aromatic N) is 4. The van der Waals surface area contributed by atoms with E-state index in [4.69, 9.17) is 15.0 Å². The Morgan fingerprint density at radius 3 is 2.61 bits per heavy atom. The Bertz CT molecular complexity index is 1110. The number of hydrazone groups is 1. The molecule has 2 N–H and O–H groups in total. The fourth-order valence-electron chi connectivity index (χ4n) is 3.91. The minimum Gasteiger partial charge on any atom is -0.490 e. The molecule has 0 saturated heterocycles. The highest BCUT2D eigenvalue weighted by Crippen LogP contribution is 2.31. The Morgan fingerprint density at radius 2 is 1.88 bits per heavy atom. The Labute approximate surface area is 194 Å². The van der Waals surface area contributed by atoms with Crippen molar-refractivity contribution < 1.29 is 9.15 Å². The van der Waals surface area contributed by atoms with Gasteiger partial charge in [-0.15, -0.1) is 10.2 Å². The second-order valence-electron chi connectivity index (χ2n) is 8.44. The summed E-state index contributed by atoms with van der Waals surface area (Å²) in [7, 11) is 0. The van der Waals surface area contributed by atoms with Gasteiger partial charge in [-0.3, -0.25) is 4.99 Å². The lowest BCUT2D eigenvalue weighted by atomic mass is 10.1. The highest BCUT2D eigenvalue weighted by molar-refractivity contribution is 6.30. The lowest BCUT2D eigenvalue weighted by molar-refractivity contribution is 0.210. The first-order chi connectivity index (χ1) is 16.2. The van der Waals surface area contributed by atoms with Gasteiger partial charge < -0.3 is 15.0 Å². The molecule has 1 heterocycles. The van der Waals surface area contributed by atoms with Crippen molar-refractivity contribution in [3.63, 3.8) is 0 Å². The summed E-state index contributed by atoms with van der Waals surface area (Å²) in [6.45, 7) is 4.17. The molecule has 7 nitrogen and oxygen atoms in total. The maximum Gasteiger partial charge on any atom is 0.248 e. The van der Waals surface area contributed by atoms with Gasteiger partial charge in [0.2, 0.25) is 11.8 Å². The van der Waals surface area contributed by atoms with E-state index in [2.05, 4.69) is 27.2 Å². The second-order valence-corrected chi connectivity index (χ2v) is 8.44. The quantitative estimate of drug-likeness (QED) is 0.239. The van der Waals surface area contributed by atoms with Crippen LogP contribution in [-0.4, -0.2) is 28.2 Å². The lowest BCUT2D eigenvalue weighted by Crippen LogP contribution is -2.10. The molecule has 7 heteroatoms. The molecular weight excluding hydrogens is 414 g/mol. The Balaban J connectivity index is 1.47. The first-order valence-electron chi connectivity index (χ1n) is 11.7. The highest BCUT2D eigenvalue weighted by atomic mass is 16.5. The first kappa shape index (κ1) is 22.7. The van der Waals surface area contributed by atoms with E-state index in [9.17, 15) is 0 Å². The molecule has 33 heavy (non-hydrogen) atoms. The minimum atomic E-state index is 0.304. The monoisotopic (exact) mass is 445 g/mol. The van der Waals surface area contributed by atoms with E-state index in [1.807, 2.05) is 49.4 Å². The second kappa shape index (κ2) is 10.9. The molecule has 0 radical (unpaired) electrons. The molecule has 0 bridgehead atoms. The molecule has 3 aromatic rings. The molecular formula is C26H31N5O2. The van der Waals surface area contributed by atoms with Crippen LogP contribution >= 0.6 is 0 Å². The summed E-state index contributed by atoms with van der Waals surface area (Å²) in [5.41, 5.74) is 4.39. The number of hydrogen-bond acceptors (Lipinski definition) is 7. The van der Waals surface area contributed by atoms with Gasteiger partial charge in [0.25, 0.3) is 0 Å². The summed E-state index contributed by atoms with van der Waals surface area (Å²) in [5, 5.41) is 12.3. The molecule has 1 fully saturated rings. The number of unbranched alkanes of at least 4 members (excludes halogenated alkanes) is 1. The fraction of sp³-hybridized carbons (Fsp3) is 0.385. The number of ether oxygens (including phenoxy) is 1. The minimum absolute atomic E-state index is 0.304. The van der Waals surface area contributed by atoms with Gasteiger partial charge in [0.1, 0.15) is 5.75 Å². The summed E-state index contributed by atoms with van der Waals surface area (Å²) < 4.78 is 12.2. The molecule has 4 rings (SSSR count). The smallest absolute Gasteiger partial charge is 0.248 e. The molecule has 0 atom stereocenters. The Kier molecular flexibility index (Phi) is 7.50. The number of hydrogen-bond donors (Lipinski definition) is 1. The van der Waals surface area contributed by atoms with E-state index in [-0.39, 0.29) is 0 Å². The molecule has 0 unspecified atom stereocenters. The van der Waals surface area contributed by atoms with Crippen molar-refractivity contribution in [2.75, 3.05) is 0 Å². The topological polar surface area (TPSA) is 98.9 Å². The van der Waals surface area contributed by atoms with Gasteiger partial charge in [-0.1, -0.05) is 19.4 Å². The Hall–Kier alpha value is -3.48. The normalized spacial score (nSPS) is 14.9. The van der Waals surface area contributed by atoms with Crippen molar-refractivity contribution >= 4 is 17.6 Å². The molecule has 172 valence electrons. The van der Waals surface area contributed by atoms with Gasteiger partial charge in [0.15, 0.2) is 0 Å². The SMILES string of the molecule is CCCC/C(C=Nc1ccc(-c2nnc(-c3cc(OC4CCCC4)ccc3C)o2)cc1)=N/N. The summed E-state index contributed by atoms with van der Waals surface area (Å²) in [5.74, 6) is 7.25. The zero-order valence-corrected chi connectivity index (χ0v) is 19.3. The van der Waals surface area contributed by atoms with Crippen molar-refractivity contribution in [2.24, 2.45) is 15.9 Å². The van der Waals surface area contributed by atoms with Gasteiger partial charge >= 0.3 is 0 Å². The van der Waals surface area contributed by atoms with Gasteiger partial charge in [0, 0.05) is 11.1 Å². The van der Waals surface area contributed by atoms with Crippen LogP contribution in [0.25, 0.3) is 22.9 Å². The van der Waals surface area contributed by atoms with Gasteiger partial charge in [-0.05, 0) is 87.4 Å². The van der Waals surface area contributed by atoms with Gasteiger partial charge in [-0.2, -0.15) is 5.10 Å². The third kappa shape index (κ3) is 5.86. The maximum atomic E-state index is 6.15. The zero-order valence-electron chi connectivity index (χ0n) is 19.3. The van der Waals surface area contributed by atoms with Crippen molar-refractivity contribution in [1.29, 1.82) is 0 Å². The van der Waals surface area contributed by atoms with E-state index in [0.717, 1.165) is 65.9 Å². The standard InChI is InChI=1S/C26H31N5O2/c1-3-4-7-21(29-27)17-28-20-13-11-19(12-14-20)25-30-31-26(33-25)24-16-23(15-10-18(24)2)32-22-8-5-6-9-22/h10-17,22H,3-9,27H2,1-2H3/b28-17?,29-21-. The zero-order chi connectivity index (χ0) is 23.0. The van der Waals surface area contributed by atoms with E-state index in [1.165, 1.54) is 12.8 Å². The van der Waals surface area contributed by atoms with Gasteiger partial charge in [-0.25, -0.2) is 0 Å². The van der Waals surface area contributed by atoms with Crippen LogP contribution < -0.4 is 10.6 Å². The van der Waals surface area contributed by atoms with Crippen molar-refractivity contribution in [2.45, 2.75) is 64.9 Å². The largest absolute Gasteiger partial charge is 0.490 e. The van der Waals surface area contributed by atoms with Crippen LogP contribution in [0.2, 0.25) is 0 Å². The highest BCUT2D eigenvalue weighted by Gasteiger charge is 2.18. The summed E-state index contributed by atoms with van der Waals surface area (Å²) in [4.78, 5) is 4.46. The summed E-state index contributed by atoms with van der Waals surface area (Å²) in [6, 6.07) is 13.7. The van der Waals surface area contributed by atoms with E-state index >= 15 is 0 Å². The summed E-state index contributed by atoms with van der Waals surface area (Å²) in [6.07, 6.45) is 9.69. The molecule has 1 aliphatic carbocycles. The predicted molar refractivity (Wildman–Crippen MR) is 132 cm³/mol. The van der Waals surface area contributed by atoms with Crippen LogP contribution in [0.3, 0.4) is 0 Å². The van der Waals surface area contributed by atoms with Crippen molar-refractivity contribution in [3.05, 3.63) is 48.0 Å². The molecule has 0 aliphatic heterocycles. The van der Waals surface area contributed by atoms with E-state index in [0.29, 0.717) is 17.9 Å². The molecule has 2 aromatic carbocycles. The fourth-order valence-corrected chi connectivity index (χ4v) is 3.91. The molecule has 1 aromatic heterocycles. The van der Waals surface area contributed by atoms with E-state index < -0.39 is 0 Å². The third-order valence-electron chi connectivity index (χ3n) is 5.90. The summed E-state index contributed by atoms with van der Waals surface area (Å²) >= 11 is 0. The van der Waals surface area contributed by atoms with Crippen LogP contribution in [0, 0.1) is 6.92 Å². The van der Waals surface area contributed by atoms with Gasteiger partial charge in [0.05, 0.1) is 23.7 Å². The van der Waals surface area contributed by atoms with Crippen LogP contribution in [-0.2, 0) is 0 Å². The molecule has 1 saturated carbocycles. The van der Waals surface area contributed by atoms with Crippen molar-refractivity contribution in [3.8, 4) is 28.7 Å². The number of nitrogens with two attached hydrogens (primary N) is 1. The number of rotatable bonds is 9. The van der Waals surface area contributed by atoms with Crippen LogP contribution in [0.4, 0.5) is 5.69 Å². The van der Waals surface area contributed by atoms with Crippen LogP contribution in [0.1, 0.15) is 57.4 Å². The van der Waals surface area contributed by atoms with Crippen molar-refractivity contribution in [1.82, 2.24) is 10.2 Å². The average molecular weight is 446 g/mol. The first-order valence-corrected chi connectivity index (χ1v) is 11.7. The maximum absolute atomic E-state index is 6.15. The predicted octanol–water partition coefficient (Wildman–Crippen LogP) is 6.24. The molecule has 1 aliphatic rings. The van der Waals surface area contributed by atoms with Crippen LogP contribution in [0.15, 0.2) is 57.0 Å².